The van der Waals surface area contributed by atoms with E-state index in [1.54, 1.807) is 18.2 Å². The second-order valence-electron chi connectivity index (χ2n) is 5.53. The number of amides is 1. The fourth-order valence-corrected chi connectivity index (χ4v) is 2.77. The predicted molar refractivity (Wildman–Crippen MR) is 84.6 cm³/mol. The van der Waals surface area contributed by atoms with Crippen LogP contribution in [0.3, 0.4) is 0 Å². The molecule has 116 valence electrons. The molecule has 1 aromatic heterocycles. The molecule has 1 aliphatic heterocycles. The van der Waals surface area contributed by atoms with Crippen molar-refractivity contribution in [1.29, 1.82) is 0 Å². The van der Waals surface area contributed by atoms with Crippen molar-refractivity contribution in [2.75, 3.05) is 11.9 Å². The first-order valence-corrected chi connectivity index (χ1v) is 7.33. The van der Waals surface area contributed by atoms with Gasteiger partial charge in [0.25, 0.3) is 0 Å². The number of hydrogen-bond acceptors (Lipinski definition) is 4. The van der Waals surface area contributed by atoms with E-state index < -0.39 is 5.76 Å². The number of carbonyl (C=O) groups is 1. The summed E-state index contributed by atoms with van der Waals surface area (Å²) in [6, 6.07) is 12.8. The van der Waals surface area contributed by atoms with E-state index in [-0.39, 0.29) is 11.8 Å². The summed E-state index contributed by atoms with van der Waals surface area (Å²) >= 11 is 0. The van der Waals surface area contributed by atoms with Crippen LogP contribution in [0.4, 0.5) is 5.69 Å². The molecule has 0 saturated heterocycles. The molecule has 6 nitrogen and oxygen atoms in total. The minimum atomic E-state index is -0.513. The Bertz CT molecular complexity index is 941. The largest absolute Gasteiger partial charge is 0.492 e. The van der Waals surface area contributed by atoms with Crippen LogP contribution in [0.1, 0.15) is 5.56 Å². The molecule has 1 amide bonds. The van der Waals surface area contributed by atoms with E-state index >= 15 is 0 Å². The predicted octanol–water partition coefficient (Wildman–Crippen LogP) is 2.31. The summed E-state index contributed by atoms with van der Waals surface area (Å²) < 4.78 is 10.6. The highest BCUT2D eigenvalue weighted by Gasteiger charge is 2.25. The highest BCUT2D eigenvalue weighted by atomic mass is 16.5. The molecule has 2 heterocycles. The summed E-state index contributed by atoms with van der Waals surface area (Å²) in [4.78, 5) is 26.2. The van der Waals surface area contributed by atoms with Crippen molar-refractivity contribution in [3.63, 3.8) is 0 Å². The number of carbonyl (C=O) groups excluding carboxylic acids is 1. The summed E-state index contributed by atoms with van der Waals surface area (Å²) in [5.41, 5.74) is 2.66. The quantitative estimate of drug-likeness (QED) is 0.760. The van der Waals surface area contributed by atoms with Gasteiger partial charge in [-0.2, -0.15) is 0 Å². The number of nitrogens with one attached hydrogen (secondary N) is 2. The lowest BCUT2D eigenvalue weighted by Gasteiger charge is -2.24. The van der Waals surface area contributed by atoms with Gasteiger partial charge in [0.1, 0.15) is 12.4 Å². The van der Waals surface area contributed by atoms with E-state index in [1.165, 1.54) is 0 Å². The Balaban J connectivity index is 1.52. The molecule has 0 spiro atoms. The summed E-state index contributed by atoms with van der Waals surface area (Å²) in [6.07, 6.45) is 0.646. The molecule has 0 bridgehead atoms. The highest BCUT2D eigenvalue weighted by Crippen LogP contribution is 2.27. The lowest BCUT2D eigenvalue weighted by molar-refractivity contribution is -0.121. The molecular weight excluding hydrogens is 296 g/mol. The number of aromatic amines is 1. The average Bonchev–Trinajstić information content (AvgIpc) is 2.93. The normalized spacial score (nSPS) is 16.6. The van der Waals surface area contributed by atoms with E-state index in [9.17, 15) is 9.59 Å². The van der Waals surface area contributed by atoms with Gasteiger partial charge >= 0.3 is 5.76 Å². The Labute approximate surface area is 131 Å². The first-order valence-electron chi connectivity index (χ1n) is 7.33. The monoisotopic (exact) mass is 310 g/mol. The zero-order chi connectivity index (χ0) is 15.8. The number of anilines is 1. The third-order valence-electron chi connectivity index (χ3n) is 3.94. The number of ether oxygens (including phenoxy) is 1. The Morgan fingerprint density at radius 3 is 3.00 bits per heavy atom. The van der Waals surface area contributed by atoms with E-state index in [4.69, 9.17) is 9.15 Å². The van der Waals surface area contributed by atoms with E-state index in [1.807, 2.05) is 24.3 Å². The molecule has 6 heteroatoms. The fraction of sp³-hybridized carbons (Fsp3) is 0.176. The van der Waals surface area contributed by atoms with Crippen molar-refractivity contribution in [2.45, 2.75) is 6.42 Å². The molecule has 1 atom stereocenters. The maximum atomic E-state index is 12.4. The maximum Gasteiger partial charge on any atom is 0.417 e. The van der Waals surface area contributed by atoms with Crippen molar-refractivity contribution in [1.82, 2.24) is 4.98 Å². The number of oxazole rings is 1. The number of H-pyrrole nitrogens is 1. The van der Waals surface area contributed by atoms with Crippen LogP contribution in [-0.2, 0) is 11.2 Å². The molecule has 2 N–H and O–H groups in total. The van der Waals surface area contributed by atoms with Gasteiger partial charge in [-0.25, -0.2) is 4.79 Å². The number of fused-ring (bicyclic) bond motifs is 2. The lowest BCUT2D eigenvalue weighted by atomic mass is 9.96. The van der Waals surface area contributed by atoms with Crippen LogP contribution in [0, 0.1) is 5.92 Å². The summed E-state index contributed by atoms with van der Waals surface area (Å²) in [5.74, 6) is -0.0246. The average molecular weight is 310 g/mol. The first-order chi connectivity index (χ1) is 11.2. The summed E-state index contributed by atoms with van der Waals surface area (Å²) in [5, 5.41) is 2.86. The second kappa shape index (κ2) is 5.31. The number of aromatic nitrogens is 1. The van der Waals surface area contributed by atoms with Crippen LogP contribution in [0.2, 0.25) is 0 Å². The van der Waals surface area contributed by atoms with Crippen LogP contribution in [-0.4, -0.2) is 17.5 Å². The van der Waals surface area contributed by atoms with Crippen LogP contribution in [0.15, 0.2) is 51.7 Å². The summed E-state index contributed by atoms with van der Waals surface area (Å²) in [7, 11) is 0. The molecule has 0 aliphatic carbocycles. The Kier molecular flexibility index (Phi) is 3.15. The van der Waals surface area contributed by atoms with Gasteiger partial charge in [0.15, 0.2) is 5.58 Å². The minimum absolute atomic E-state index is 0.107. The molecule has 23 heavy (non-hydrogen) atoms. The number of hydrogen-bond donors (Lipinski definition) is 2. The zero-order valence-corrected chi connectivity index (χ0v) is 12.2. The van der Waals surface area contributed by atoms with E-state index in [0.717, 1.165) is 11.3 Å². The molecule has 2 aromatic carbocycles. The fourth-order valence-electron chi connectivity index (χ4n) is 2.77. The van der Waals surface area contributed by atoms with Gasteiger partial charge in [-0.15, -0.1) is 0 Å². The SMILES string of the molecule is O=C(Nc1ccc2oc(=O)[nH]c2c1)C1COc2ccccc2C1. The summed E-state index contributed by atoms with van der Waals surface area (Å²) in [6.45, 7) is 0.355. The number of para-hydroxylation sites is 1. The molecule has 3 aromatic rings. The lowest BCUT2D eigenvalue weighted by Crippen LogP contribution is -2.32. The smallest absolute Gasteiger partial charge is 0.417 e. The van der Waals surface area contributed by atoms with E-state index in [2.05, 4.69) is 10.3 Å². The third kappa shape index (κ3) is 2.59. The molecule has 4 rings (SSSR count). The minimum Gasteiger partial charge on any atom is -0.492 e. The molecular formula is C17H14N2O4. The zero-order valence-electron chi connectivity index (χ0n) is 12.2. The Hall–Kier alpha value is -3.02. The van der Waals surface area contributed by atoms with Gasteiger partial charge in [-0.05, 0) is 36.2 Å². The van der Waals surface area contributed by atoms with Gasteiger partial charge < -0.3 is 14.5 Å². The van der Waals surface area contributed by atoms with Crippen molar-refractivity contribution < 1.29 is 13.9 Å². The van der Waals surface area contributed by atoms with Crippen LogP contribution >= 0.6 is 0 Å². The third-order valence-corrected chi connectivity index (χ3v) is 3.94. The molecule has 1 aliphatic rings. The van der Waals surface area contributed by atoms with Crippen LogP contribution in [0.25, 0.3) is 11.1 Å². The van der Waals surface area contributed by atoms with Gasteiger partial charge in [0.2, 0.25) is 5.91 Å². The Morgan fingerprint density at radius 2 is 2.09 bits per heavy atom. The Morgan fingerprint density at radius 1 is 1.22 bits per heavy atom. The van der Waals surface area contributed by atoms with Gasteiger partial charge in [0.05, 0.1) is 11.4 Å². The number of rotatable bonds is 2. The van der Waals surface area contributed by atoms with Crippen LogP contribution < -0.4 is 15.8 Å². The van der Waals surface area contributed by atoms with Crippen molar-refractivity contribution in [3.05, 3.63) is 58.6 Å². The standard InChI is InChI=1S/C17H14N2O4/c20-16(11-7-10-3-1-2-4-14(10)22-9-11)18-12-5-6-15-13(8-12)19-17(21)23-15/h1-6,8,11H,7,9H2,(H,18,20)(H,19,21). The first kappa shape index (κ1) is 13.6. The van der Waals surface area contributed by atoms with Gasteiger partial charge in [-0.3, -0.25) is 9.78 Å². The van der Waals surface area contributed by atoms with E-state index in [0.29, 0.717) is 29.8 Å². The number of benzene rings is 2. The molecule has 0 fully saturated rings. The maximum absolute atomic E-state index is 12.4. The van der Waals surface area contributed by atoms with Crippen molar-refractivity contribution in [2.24, 2.45) is 5.92 Å². The van der Waals surface area contributed by atoms with Crippen molar-refractivity contribution >= 4 is 22.7 Å². The molecule has 0 saturated carbocycles. The van der Waals surface area contributed by atoms with Gasteiger partial charge in [0, 0.05) is 5.69 Å². The topological polar surface area (TPSA) is 84.3 Å². The molecule has 1 unspecified atom stereocenters. The molecule has 0 radical (unpaired) electrons. The van der Waals surface area contributed by atoms with Gasteiger partial charge in [-0.1, -0.05) is 18.2 Å². The van der Waals surface area contributed by atoms with Crippen LogP contribution in [0.5, 0.6) is 5.75 Å². The highest BCUT2D eigenvalue weighted by molar-refractivity contribution is 5.94. The van der Waals surface area contributed by atoms with Crippen molar-refractivity contribution in [3.8, 4) is 5.75 Å². The second-order valence-corrected chi connectivity index (χ2v) is 5.53.